The van der Waals surface area contributed by atoms with Gasteiger partial charge in [0.25, 0.3) is 0 Å². The monoisotopic (exact) mass is 223 g/mol. The Kier molecular flexibility index (Phi) is 3.49. The van der Waals surface area contributed by atoms with Crippen molar-refractivity contribution in [1.29, 1.82) is 0 Å². The van der Waals surface area contributed by atoms with Crippen molar-refractivity contribution in [2.45, 2.75) is 32.7 Å². The van der Waals surface area contributed by atoms with E-state index in [1.165, 1.54) is 5.69 Å². The molecule has 0 saturated carbocycles. The molecular formula is C12H21N3O. The van der Waals surface area contributed by atoms with Crippen molar-refractivity contribution >= 4 is 5.69 Å². The maximum absolute atomic E-state index is 5.38. The summed E-state index contributed by atoms with van der Waals surface area (Å²) in [6.07, 6.45) is 4.23. The van der Waals surface area contributed by atoms with Crippen molar-refractivity contribution in [3.63, 3.8) is 0 Å². The third-order valence-electron chi connectivity index (χ3n) is 3.59. The van der Waals surface area contributed by atoms with Gasteiger partial charge in [-0.3, -0.25) is 4.68 Å². The molecule has 2 rings (SSSR count). The summed E-state index contributed by atoms with van der Waals surface area (Å²) in [4.78, 5) is 0. The van der Waals surface area contributed by atoms with Crippen LogP contribution < -0.4 is 5.32 Å². The lowest BCUT2D eigenvalue weighted by atomic mass is 9.93. The van der Waals surface area contributed by atoms with E-state index in [-0.39, 0.29) is 0 Å². The second-order valence-corrected chi connectivity index (χ2v) is 4.65. The fourth-order valence-electron chi connectivity index (χ4n) is 2.22. The number of anilines is 1. The predicted molar refractivity (Wildman–Crippen MR) is 64.6 cm³/mol. The second kappa shape index (κ2) is 4.87. The van der Waals surface area contributed by atoms with E-state index in [9.17, 15) is 0 Å². The maximum Gasteiger partial charge on any atom is 0.0758 e. The topological polar surface area (TPSA) is 39.1 Å². The summed E-state index contributed by atoms with van der Waals surface area (Å²) in [5.41, 5.74) is 2.35. The van der Waals surface area contributed by atoms with Gasteiger partial charge in [0.1, 0.15) is 0 Å². The standard InChI is InChI=1S/C12H21N3O/c1-9(11-4-6-16-7-5-11)14-12-8-13-15(3)10(12)2/h8-9,11,14H,4-7H2,1-3H3. The zero-order chi connectivity index (χ0) is 11.5. The van der Waals surface area contributed by atoms with E-state index in [1.54, 1.807) is 0 Å². The minimum atomic E-state index is 0.492. The SMILES string of the molecule is Cc1c(NC(C)C2CCOCC2)cnn1C. The average Bonchev–Trinajstić information content (AvgIpc) is 2.62. The molecule has 0 spiro atoms. The number of rotatable bonds is 3. The number of aryl methyl sites for hydroxylation is 1. The molecule has 1 aromatic rings. The van der Waals surface area contributed by atoms with Crippen LogP contribution in [-0.4, -0.2) is 29.0 Å². The second-order valence-electron chi connectivity index (χ2n) is 4.65. The number of hydrogen-bond acceptors (Lipinski definition) is 3. The van der Waals surface area contributed by atoms with Crippen LogP contribution >= 0.6 is 0 Å². The van der Waals surface area contributed by atoms with Gasteiger partial charge >= 0.3 is 0 Å². The Labute approximate surface area is 97.0 Å². The predicted octanol–water partition coefficient (Wildman–Crippen LogP) is 1.96. The normalized spacial score (nSPS) is 19.7. The molecule has 4 heteroatoms. The lowest BCUT2D eigenvalue weighted by Gasteiger charge is -2.28. The van der Waals surface area contributed by atoms with Gasteiger partial charge in [0.15, 0.2) is 0 Å². The van der Waals surface area contributed by atoms with Gasteiger partial charge in [0.05, 0.1) is 17.6 Å². The molecule has 0 amide bonds. The van der Waals surface area contributed by atoms with E-state index < -0.39 is 0 Å². The molecule has 1 saturated heterocycles. The molecule has 1 aliphatic rings. The Morgan fingerprint density at radius 1 is 1.50 bits per heavy atom. The molecule has 0 aliphatic carbocycles. The van der Waals surface area contributed by atoms with Gasteiger partial charge in [-0.1, -0.05) is 0 Å². The van der Waals surface area contributed by atoms with E-state index in [0.717, 1.165) is 31.7 Å². The average molecular weight is 223 g/mol. The number of nitrogens with zero attached hydrogens (tertiary/aromatic N) is 2. The van der Waals surface area contributed by atoms with Gasteiger partial charge in [0.2, 0.25) is 0 Å². The molecule has 1 aliphatic heterocycles. The summed E-state index contributed by atoms with van der Waals surface area (Å²) in [5.74, 6) is 0.716. The first-order valence-electron chi connectivity index (χ1n) is 6.01. The van der Waals surface area contributed by atoms with Gasteiger partial charge in [-0.2, -0.15) is 5.10 Å². The maximum atomic E-state index is 5.38. The molecule has 1 unspecified atom stereocenters. The minimum Gasteiger partial charge on any atom is -0.381 e. The zero-order valence-corrected chi connectivity index (χ0v) is 10.4. The van der Waals surface area contributed by atoms with Crippen molar-refractivity contribution in [2.24, 2.45) is 13.0 Å². The van der Waals surface area contributed by atoms with E-state index in [0.29, 0.717) is 12.0 Å². The smallest absolute Gasteiger partial charge is 0.0758 e. The molecule has 16 heavy (non-hydrogen) atoms. The summed E-state index contributed by atoms with van der Waals surface area (Å²) >= 11 is 0. The molecule has 0 bridgehead atoms. The number of hydrogen-bond donors (Lipinski definition) is 1. The van der Waals surface area contributed by atoms with Crippen LogP contribution in [0.25, 0.3) is 0 Å². The summed E-state index contributed by atoms with van der Waals surface area (Å²) < 4.78 is 7.29. The van der Waals surface area contributed by atoms with Gasteiger partial charge < -0.3 is 10.1 Å². The molecule has 2 heterocycles. The minimum absolute atomic E-state index is 0.492. The largest absolute Gasteiger partial charge is 0.381 e. The first kappa shape index (κ1) is 11.5. The van der Waals surface area contributed by atoms with Crippen LogP contribution in [0.4, 0.5) is 5.69 Å². The van der Waals surface area contributed by atoms with E-state index in [2.05, 4.69) is 24.3 Å². The fraction of sp³-hybridized carbons (Fsp3) is 0.750. The van der Waals surface area contributed by atoms with Crippen LogP contribution in [0, 0.1) is 12.8 Å². The first-order chi connectivity index (χ1) is 7.68. The molecule has 1 atom stereocenters. The zero-order valence-electron chi connectivity index (χ0n) is 10.4. The summed E-state index contributed by atoms with van der Waals surface area (Å²) in [7, 11) is 1.97. The van der Waals surface area contributed by atoms with Crippen LogP contribution in [0.2, 0.25) is 0 Å². The van der Waals surface area contributed by atoms with Crippen molar-refractivity contribution in [3.8, 4) is 0 Å². The fourth-order valence-corrected chi connectivity index (χ4v) is 2.22. The molecule has 0 radical (unpaired) electrons. The van der Waals surface area contributed by atoms with Crippen molar-refractivity contribution in [3.05, 3.63) is 11.9 Å². The molecular weight excluding hydrogens is 202 g/mol. The van der Waals surface area contributed by atoms with Gasteiger partial charge in [-0.05, 0) is 32.6 Å². The highest BCUT2D eigenvalue weighted by molar-refractivity contribution is 5.46. The number of nitrogens with one attached hydrogen (secondary N) is 1. The van der Waals surface area contributed by atoms with E-state index in [4.69, 9.17) is 4.74 Å². The van der Waals surface area contributed by atoms with E-state index in [1.807, 2.05) is 17.9 Å². The molecule has 0 aromatic carbocycles. The summed E-state index contributed by atoms with van der Waals surface area (Å²) in [5, 5.41) is 7.81. The Hall–Kier alpha value is -1.03. The Morgan fingerprint density at radius 2 is 2.19 bits per heavy atom. The van der Waals surface area contributed by atoms with E-state index >= 15 is 0 Å². The Morgan fingerprint density at radius 3 is 2.75 bits per heavy atom. The number of ether oxygens (including phenoxy) is 1. The highest BCUT2D eigenvalue weighted by Crippen LogP contribution is 2.22. The lowest BCUT2D eigenvalue weighted by molar-refractivity contribution is 0.0622. The Balaban J connectivity index is 1.95. The van der Waals surface area contributed by atoms with Gasteiger partial charge in [-0.25, -0.2) is 0 Å². The van der Waals surface area contributed by atoms with Crippen molar-refractivity contribution in [1.82, 2.24) is 9.78 Å². The quantitative estimate of drug-likeness (QED) is 0.851. The van der Waals surface area contributed by atoms with Gasteiger partial charge in [-0.15, -0.1) is 0 Å². The number of aromatic nitrogens is 2. The van der Waals surface area contributed by atoms with Crippen molar-refractivity contribution in [2.75, 3.05) is 18.5 Å². The van der Waals surface area contributed by atoms with Crippen LogP contribution in [0.3, 0.4) is 0 Å². The first-order valence-corrected chi connectivity index (χ1v) is 6.01. The Bertz CT molecular complexity index is 342. The van der Waals surface area contributed by atoms with Crippen LogP contribution in [0.15, 0.2) is 6.20 Å². The van der Waals surface area contributed by atoms with Crippen molar-refractivity contribution < 1.29 is 4.74 Å². The molecule has 1 fully saturated rings. The lowest BCUT2D eigenvalue weighted by Crippen LogP contribution is -2.31. The molecule has 1 aromatic heterocycles. The third kappa shape index (κ3) is 2.38. The molecule has 90 valence electrons. The van der Waals surface area contributed by atoms with Crippen LogP contribution in [0.1, 0.15) is 25.5 Å². The van der Waals surface area contributed by atoms with Crippen LogP contribution in [0.5, 0.6) is 0 Å². The molecule has 1 N–H and O–H groups in total. The molecule has 4 nitrogen and oxygen atoms in total. The highest BCUT2D eigenvalue weighted by atomic mass is 16.5. The highest BCUT2D eigenvalue weighted by Gasteiger charge is 2.21. The summed E-state index contributed by atoms with van der Waals surface area (Å²) in [6.45, 7) is 6.15. The summed E-state index contributed by atoms with van der Waals surface area (Å²) in [6, 6.07) is 0.492. The third-order valence-corrected chi connectivity index (χ3v) is 3.59. The van der Waals surface area contributed by atoms with Gasteiger partial charge in [0, 0.05) is 26.3 Å². The van der Waals surface area contributed by atoms with Crippen LogP contribution in [-0.2, 0) is 11.8 Å².